The Labute approximate surface area is 147 Å². The molecule has 1 heterocycles. The average Bonchev–Trinajstić information content (AvgIpc) is 2.92. The maximum atomic E-state index is 12.9. The van der Waals surface area contributed by atoms with Crippen molar-refractivity contribution in [2.75, 3.05) is 6.54 Å². The van der Waals surface area contributed by atoms with Crippen molar-refractivity contribution < 1.29 is 27.9 Å². The summed E-state index contributed by atoms with van der Waals surface area (Å²) < 4.78 is 39.9. The van der Waals surface area contributed by atoms with Crippen molar-refractivity contribution in [2.45, 2.75) is 33.0 Å². The van der Waals surface area contributed by atoms with Crippen molar-refractivity contribution in [3.8, 4) is 5.69 Å². The molecular weight excluding hydrogens is 351 g/mol. The smallest absolute Gasteiger partial charge is 0.416 e. The highest BCUT2D eigenvalue weighted by molar-refractivity contribution is 5.97. The SMILES string of the molecule is Cc1c(C(=O)N(CC(=O)O)C(C)C)cnn1-c1cccc(C(F)(F)F)c1. The number of carboxylic acids is 1. The molecule has 0 bridgehead atoms. The van der Waals surface area contributed by atoms with Crippen molar-refractivity contribution in [2.24, 2.45) is 0 Å². The summed E-state index contributed by atoms with van der Waals surface area (Å²) in [6.45, 7) is 4.41. The van der Waals surface area contributed by atoms with E-state index in [1.807, 2.05) is 0 Å². The quantitative estimate of drug-likeness (QED) is 0.879. The summed E-state index contributed by atoms with van der Waals surface area (Å²) in [6, 6.07) is 4.22. The minimum atomic E-state index is -4.49. The second-order valence-electron chi connectivity index (χ2n) is 6.02. The number of hydrogen-bond acceptors (Lipinski definition) is 3. The number of alkyl halides is 3. The monoisotopic (exact) mass is 369 g/mol. The van der Waals surface area contributed by atoms with E-state index in [0.717, 1.165) is 17.0 Å². The lowest BCUT2D eigenvalue weighted by Crippen LogP contribution is -2.40. The van der Waals surface area contributed by atoms with E-state index in [1.54, 1.807) is 20.8 Å². The van der Waals surface area contributed by atoms with Crippen molar-refractivity contribution in [3.63, 3.8) is 0 Å². The van der Waals surface area contributed by atoms with E-state index in [-0.39, 0.29) is 17.3 Å². The van der Waals surface area contributed by atoms with Gasteiger partial charge in [0.05, 0.1) is 28.7 Å². The molecule has 1 N–H and O–H groups in total. The van der Waals surface area contributed by atoms with Gasteiger partial charge in [0.1, 0.15) is 6.54 Å². The van der Waals surface area contributed by atoms with Crippen molar-refractivity contribution >= 4 is 11.9 Å². The third-order valence-corrected chi connectivity index (χ3v) is 3.85. The van der Waals surface area contributed by atoms with Crippen LogP contribution in [0.5, 0.6) is 0 Å². The highest BCUT2D eigenvalue weighted by Crippen LogP contribution is 2.30. The number of benzene rings is 1. The summed E-state index contributed by atoms with van der Waals surface area (Å²) in [4.78, 5) is 24.8. The lowest BCUT2D eigenvalue weighted by molar-refractivity contribution is -0.138. The van der Waals surface area contributed by atoms with Crippen LogP contribution in [0, 0.1) is 6.92 Å². The largest absolute Gasteiger partial charge is 0.480 e. The number of carbonyl (C=O) groups excluding carboxylic acids is 1. The second-order valence-corrected chi connectivity index (χ2v) is 6.02. The molecule has 1 amide bonds. The highest BCUT2D eigenvalue weighted by atomic mass is 19.4. The Balaban J connectivity index is 2.41. The molecule has 0 saturated carbocycles. The van der Waals surface area contributed by atoms with Crippen LogP contribution in [0.1, 0.15) is 35.5 Å². The zero-order chi connectivity index (χ0) is 19.6. The minimum Gasteiger partial charge on any atom is -0.480 e. The fourth-order valence-electron chi connectivity index (χ4n) is 2.48. The van der Waals surface area contributed by atoms with E-state index in [2.05, 4.69) is 5.10 Å². The Morgan fingerprint density at radius 1 is 1.31 bits per heavy atom. The van der Waals surface area contributed by atoms with Crippen molar-refractivity contribution in [1.29, 1.82) is 0 Å². The molecule has 0 atom stereocenters. The molecule has 9 heteroatoms. The van der Waals surface area contributed by atoms with E-state index in [0.29, 0.717) is 5.69 Å². The van der Waals surface area contributed by atoms with Crippen LogP contribution in [0.15, 0.2) is 30.5 Å². The fraction of sp³-hybridized carbons (Fsp3) is 0.353. The molecule has 0 fully saturated rings. The maximum absolute atomic E-state index is 12.9. The van der Waals surface area contributed by atoms with Crippen LogP contribution in [-0.2, 0) is 11.0 Å². The summed E-state index contributed by atoms with van der Waals surface area (Å²) >= 11 is 0. The number of nitrogens with zero attached hydrogens (tertiary/aromatic N) is 3. The Morgan fingerprint density at radius 2 is 1.96 bits per heavy atom. The van der Waals surface area contributed by atoms with Gasteiger partial charge in [0.2, 0.25) is 0 Å². The predicted molar refractivity (Wildman–Crippen MR) is 87.1 cm³/mol. The molecule has 140 valence electrons. The lowest BCUT2D eigenvalue weighted by atomic mass is 10.1. The summed E-state index contributed by atoms with van der Waals surface area (Å²) in [5, 5.41) is 13.0. The van der Waals surface area contributed by atoms with Crippen LogP contribution < -0.4 is 0 Å². The molecule has 2 aromatic rings. The molecular formula is C17H18F3N3O3. The van der Waals surface area contributed by atoms with Gasteiger partial charge in [-0.3, -0.25) is 9.59 Å². The summed E-state index contributed by atoms with van der Waals surface area (Å²) in [5.41, 5.74) is -0.208. The molecule has 2 rings (SSSR count). The zero-order valence-corrected chi connectivity index (χ0v) is 14.4. The standard InChI is InChI=1S/C17H18F3N3O3/c1-10(2)22(9-15(24)25)16(26)14-8-21-23(11(14)3)13-6-4-5-12(7-13)17(18,19)20/h4-8,10H,9H2,1-3H3,(H,24,25). The van der Waals surface area contributed by atoms with E-state index < -0.39 is 30.2 Å². The number of halogens is 3. The van der Waals surface area contributed by atoms with Gasteiger partial charge in [0.25, 0.3) is 5.91 Å². The Kier molecular flexibility index (Phi) is 5.38. The van der Waals surface area contributed by atoms with E-state index >= 15 is 0 Å². The van der Waals surface area contributed by atoms with Gasteiger partial charge >= 0.3 is 12.1 Å². The highest BCUT2D eigenvalue weighted by Gasteiger charge is 2.31. The van der Waals surface area contributed by atoms with Crippen molar-refractivity contribution in [3.05, 3.63) is 47.3 Å². The number of hydrogen-bond donors (Lipinski definition) is 1. The molecule has 0 spiro atoms. The van der Waals surface area contributed by atoms with Gasteiger partial charge in [-0.05, 0) is 39.0 Å². The number of aromatic nitrogens is 2. The summed E-state index contributed by atoms with van der Waals surface area (Å²) in [5.74, 6) is -1.70. The van der Waals surface area contributed by atoms with Crippen LogP contribution in [-0.4, -0.2) is 44.3 Å². The first-order valence-electron chi connectivity index (χ1n) is 7.77. The average molecular weight is 369 g/mol. The van der Waals surface area contributed by atoms with Gasteiger partial charge in [-0.15, -0.1) is 0 Å². The number of carboxylic acid groups (broad SMARTS) is 1. The van der Waals surface area contributed by atoms with Crippen molar-refractivity contribution in [1.82, 2.24) is 14.7 Å². The third kappa shape index (κ3) is 4.04. The van der Waals surface area contributed by atoms with Gasteiger partial charge in [0, 0.05) is 6.04 Å². The molecule has 1 aromatic carbocycles. The van der Waals surface area contributed by atoms with Crippen LogP contribution >= 0.6 is 0 Å². The van der Waals surface area contributed by atoms with Gasteiger partial charge < -0.3 is 10.0 Å². The van der Waals surface area contributed by atoms with Gasteiger partial charge in [-0.2, -0.15) is 18.3 Å². The molecule has 0 saturated heterocycles. The van der Waals surface area contributed by atoms with Crippen LogP contribution in [0.25, 0.3) is 5.69 Å². The topological polar surface area (TPSA) is 75.4 Å². The molecule has 0 unspecified atom stereocenters. The number of rotatable bonds is 5. The second kappa shape index (κ2) is 7.19. The molecule has 0 radical (unpaired) electrons. The van der Waals surface area contributed by atoms with Gasteiger partial charge in [-0.25, -0.2) is 4.68 Å². The molecule has 0 aliphatic rings. The van der Waals surface area contributed by atoms with E-state index in [9.17, 15) is 22.8 Å². The van der Waals surface area contributed by atoms with Crippen LogP contribution in [0.3, 0.4) is 0 Å². The van der Waals surface area contributed by atoms with Gasteiger partial charge in [-0.1, -0.05) is 6.07 Å². The number of carbonyl (C=O) groups is 2. The molecule has 26 heavy (non-hydrogen) atoms. The zero-order valence-electron chi connectivity index (χ0n) is 14.4. The first-order chi connectivity index (χ1) is 12.0. The predicted octanol–water partition coefficient (Wildman–Crippen LogP) is 3.13. The first-order valence-corrected chi connectivity index (χ1v) is 7.77. The third-order valence-electron chi connectivity index (χ3n) is 3.85. The Bertz CT molecular complexity index is 828. The van der Waals surface area contributed by atoms with Crippen LogP contribution in [0.2, 0.25) is 0 Å². The van der Waals surface area contributed by atoms with E-state index in [4.69, 9.17) is 5.11 Å². The Morgan fingerprint density at radius 3 is 2.50 bits per heavy atom. The fourth-order valence-corrected chi connectivity index (χ4v) is 2.48. The number of aliphatic carboxylic acids is 1. The lowest BCUT2D eigenvalue weighted by Gasteiger charge is -2.24. The number of amides is 1. The molecule has 0 aliphatic heterocycles. The van der Waals surface area contributed by atoms with Crippen LogP contribution in [0.4, 0.5) is 13.2 Å². The normalized spacial score (nSPS) is 11.7. The van der Waals surface area contributed by atoms with Gasteiger partial charge in [0.15, 0.2) is 0 Å². The summed E-state index contributed by atoms with van der Waals surface area (Å²) in [6.07, 6.45) is -3.26. The minimum absolute atomic E-state index is 0.136. The Hall–Kier alpha value is -2.84. The maximum Gasteiger partial charge on any atom is 0.416 e. The molecule has 0 aliphatic carbocycles. The summed E-state index contributed by atoms with van der Waals surface area (Å²) in [7, 11) is 0. The molecule has 1 aromatic heterocycles. The molecule has 6 nitrogen and oxygen atoms in total. The van der Waals surface area contributed by atoms with E-state index in [1.165, 1.54) is 23.0 Å². The first kappa shape index (κ1) is 19.5.